The molecule has 0 bridgehead atoms. The summed E-state index contributed by atoms with van der Waals surface area (Å²) in [6.45, 7) is 1.57. The van der Waals surface area contributed by atoms with Crippen LogP contribution in [0.4, 0.5) is 11.6 Å². The Balaban J connectivity index is 2.31. The Bertz CT molecular complexity index is 565. The van der Waals surface area contributed by atoms with Crippen molar-refractivity contribution in [3.05, 3.63) is 40.3 Å². The minimum Gasteiger partial charge on any atom is -0.506 e. The Morgan fingerprint density at radius 3 is 2.75 bits per heavy atom. The first-order valence-corrected chi connectivity index (χ1v) is 4.65. The maximum absolute atomic E-state index is 11.3. The minimum atomic E-state index is -0.312. The number of phenolic OH excluding ortho intramolecular Hbond substituents is 1. The number of anilines is 2. The molecule has 16 heavy (non-hydrogen) atoms. The van der Waals surface area contributed by atoms with Crippen molar-refractivity contribution in [2.75, 3.05) is 5.32 Å². The normalized spacial score (nSPS) is 10.1. The lowest BCUT2D eigenvalue weighted by atomic mass is 10.3. The predicted octanol–water partition coefficient (Wildman–Crippen LogP) is 0.923. The second kappa shape index (κ2) is 4.01. The Labute approximate surface area is 91.0 Å². The van der Waals surface area contributed by atoms with Gasteiger partial charge in [0.1, 0.15) is 11.4 Å². The van der Waals surface area contributed by atoms with Gasteiger partial charge in [-0.2, -0.15) is 0 Å². The molecule has 0 spiro atoms. The number of rotatable bonds is 2. The van der Waals surface area contributed by atoms with Gasteiger partial charge in [0, 0.05) is 0 Å². The van der Waals surface area contributed by atoms with E-state index in [0.29, 0.717) is 11.4 Å². The smallest absolute Gasteiger partial charge is 0.273 e. The van der Waals surface area contributed by atoms with Gasteiger partial charge in [0.25, 0.3) is 5.56 Å². The Morgan fingerprint density at radius 1 is 1.31 bits per heavy atom. The van der Waals surface area contributed by atoms with Gasteiger partial charge < -0.3 is 10.4 Å². The van der Waals surface area contributed by atoms with Crippen LogP contribution < -0.4 is 10.9 Å². The SMILES string of the molecule is Cc1nnc(Nc2ccccc2O)[nH]c1=O. The molecule has 6 heteroatoms. The van der Waals surface area contributed by atoms with E-state index >= 15 is 0 Å². The highest BCUT2D eigenvalue weighted by atomic mass is 16.3. The lowest BCUT2D eigenvalue weighted by Crippen LogP contribution is -2.15. The highest BCUT2D eigenvalue weighted by Crippen LogP contribution is 2.23. The second-order valence-corrected chi connectivity index (χ2v) is 3.23. The zero-order valence-electron chi connectivity index (χ0n) is 8.56. The molecule has 0 fully saturated rings. The van der Waals surface area contributed by atoms with Crippen LogP contribution in [-0.4, -0.2) is 20.3 Å². The number of aryl methyl sites for hydroxylation is 1. The molecule has 0 aliphatic heterocycles. The summed E-state index contributed by atoms with van der Waals surface area (Å²) in [5.41, 5.74) is 0.437. The molecule has 0 radical (unpaired) electrons. The fraction of sp³-hybridized carbons (Fsp3) is 0.100. The van der Waals surface area contributed by atoms with Crippen LogP contribution in [0, 0.1) is 6.92 Å². The largest absolute Gasteiger partial charge is 0.506 e. The standard InChI is InChI=1S/C10H10N4O2/c1-6-9(16)12-10(14-13-6)11-7-4-2-3-5-8(7)15/h2-5,15H,1H3,(H2,11,12,14,16). The molecule has 2 rings (SSSR count). The number of aromatic nitrogens is 3. The maximum atomic E-state index is 11.3. The summed E-state index contributed by atoms with van der Waals surface area (Å²) in [5.74, 6) is 0.267. The van der Waals surface area contributed by atoms with Gasteiger partial charge in [-0.05, 0) is 19.1 Å². The van der Waals surface area contributed by atoms with Crippen molar-refractivity contribution in [1.82, 2.24) is 15.2 Å². The third kappa shape index (κ3) is 2.00. The molecule has 1 aromatic heterocycles. The number of para-hydroxylation sites is 2. The maximum Gasteiger partial charge on any atom is 0.273 e. The van der Waals surface area contributed by atoms with Crippen molar-refractivity contribution in [3.63, 3.8) is 0 Å². The summed E-state index contributed by atoms with van der Waals surface area (Å²) < 4.78 is 0. The summed E-state index contributed by atoms with van der Waals surface area (Å²) >= 11 is 0. The average molecular weight is 218 g/mol. The number of benzene rings is 1. The van der Waals surface area contributed by atoms with Gasteiger partial charge in [0.05, 0.1) is 5.69 Å². The van der Waals surface area contributed by atoms with Gasteiger partial charge in [-0.25, -0.2) is 0 Å². The van der Waals surface area contributed by atoms with E-state index in [9.17, 15) is 9.90 Å². The summed E-state index contributed by atoms with van der Waals surface area (Å²) in [6, 6.07) is 6.64. The van der Waals surface area contributed by atoms with Gasteiger partial charge in [-0.3, -0.25) is 9.78 Å². The summed E-state index contributed by atoms with van der Waals surface area (Å²) in [6.07, 6.45) is 0. The van der Waals surface area contributed by atoms with Crippen molar-refractivity contribution >= 4 is 11.6 Å². The third-order valence-corrected chi connectivity index (χ3v) is 2.02. The molecular weight excluding hydrogens is 208 g/mol. The highest BCUT2D eigenvalue weighted by molar-refractivity contribution is 5.61. The third-order valence-electron chi connectivity index (χ3n) is 2.02. The summed E-state index contributed by atoms with van der Waals surface area (Å²) in [7, 11) is 0. The highest BCUT2D eigenvalue weighted by Gasteiger charge is 2.03. The zero-order valence-corrected chi connectivity index (χ0v) is 8.56. The van der Waals surface area contributed by atoms with Crippen LogP contribution >= 0.6 is 0 Å². The molecule has 0 saturated heterocycles. The van der Waals surface area contributed by atoms with Gasteiger partial charge in [0.2, 0.25) is 5.95 Å². The number of aromatic hydroxyl groups is 1. The van der Waals surface area contributed by atoms with Crippen LogP contribution in [0.2, 0.25) is 0 Å². The van der Waals surface area contributed by atoms with Crippen LogP contribution in [0.1, 0.15) is 5.69 Å². The first-order chi connectivity index (χ1) is 7.66. The molecular formula is C10H10N4O2. The van der Waals surface area contributed by atoms with Crippen molar-refractivity contribution < 1.29 is 5.11 Å². The van der Waals surface area contributed by atoms with Gasteiger partial charge in [0.15, 0.2) is 0 Å². The molecule has 0 amide bonds. The predicted molar refractivity (Wildman–Crippen MR) is 58.8 cm³/mol. The first-order valence-electron chi connectivity index (χ1n) is 4.65. The number of hydrogen-bond acceptors (Lipinski definition) is 5. The van der Waals surface area contributed by atoms with Crippen molar-refractivity contribution in [3.8, 4) is 5.75 Å². The molecule has 0 atom stereocenters. The van der Waals surface area contributed by atoms with Crippen molar-refractivity contribution in [1.29, 1.82) is 0 Å². The zero-order chi connectivity index (χ0) is 11.5. The molecule has 2 aromatic rings. The van der Waals surface area contributed by atoms with Gasteiger partial charge in [-0.15, -0.1) is 10.2 Å². The van der Waals surface area contributed by atoms with Gasteiger partial charge in [-0.1, -0.05) is 12.1 Å². The van der Waals surface area contributed by atoms with Crippen LogP contribution in [0.3, 0.4) is 0 Å². The van der Waals surface area contributed by atoms with Crippen LogP contribution in [0.15, 0.2) is 29.1 Å². The van der Waals surface area contributed by atoms with Crippen molar-refractivity contribution in [2.45, 2.75) is 6.92 Å². The first kappa shape index (κ1) is 10.2. The van der Waals surface area contributed by atoms with E-state index in [1.807, 2.05) is 0 Å². The number of phenols is 1. The molecule has 6 nitrogen and oxygen atoms in total. The van der Waals surface area contributed by atoms with E-state index in [1.165, 1.54) is 6.07 Å². The van der Waals surface area contributed by atoms with E-state index in [4.69, 9.17) is 0 Å². The fourth-order valence-electron chi connectivity index (χ4n) is 1.16. The van der Waals surface area contributed by atoms with E-state index in [-0.39, 0.29) is 17.3 Å². The van der Waals surface area contributed by atoms with Crippen molar-refractivity contribution in [2.24, 2.45) is 0 Å². The molecule has 1 heterocycles. The van der Waals surface area contributed by atoms with Crippen LogP contribution in [0.5, 0.6) is 5.75 Å². The Hall–Kier alpha value is -2.37. The van der Waals surface area contributed by atoms with E-state index in [2.05, 4.69) is 20.5 Å². The lowest BCUT2D eigenvalue weighted by molar-refractivity contribution is 0.477. The number of hydrogen-bond donors (Lipinski definition) is 3. The summed E-state index contributed by atoms with van der Waals surface area (Å²) in [5, 5.41) is 19.7. The monoisotopic (exact) mass is 218 g/mol. The summed E-state index contributed by atoms with van der Waals surface area (Å²) in [4.78, 5) is 13.8. The number of nitrogens with zero attached hydrogens (tertiary/aromatic N) is 2. The number of H-pyrrole nitrogens is 1. The van der Waals surface area contributed by atoms with Crippen LogP contribution in [0.25, 0.3) is 0 Å². The van der Waals surface area contributed by atoms with Crippen LogP contribution in [-0.2, 0) is 0 Å². The molecule has 1 aromatic carbocycles. The average Bonchev–Trinajstić information content (AvgIpc) is 2.27. The second-order valence-electron chi connectivity index (χ2n) is 3.23. The molecule has 0 aliphatic carbocycles. The number of aromatic amines is 1. The van der Waals surface area contributed by atoms with E-state index in [0.717, 1.165) is 0 Å². The molecule has 82 valence electrons. The Kier molecular flexibility index (Phi) is 2.55. The molecule has 0 saturated carbocycles. The van der Waals surface area contributed by atoms with E-state index < -0.39 is 0 Å². The number of nitrogens with one attached hydrogen (secondary N) is 2. The topological polar surface area (TPSA) is 90.9 Å². The quantitative estimate of drug-likeness (QED) is 0.652. The van der Waals surface area contributed by atoms with Gasteiger partial charge >= 0.3 is 0 Å². The fourth-order valence-corrected chi connectivity index (χ4v) is 1.16. The van der Waals surface area contributed by atoms with E-state index in [1.54, 1.807) is 25.1 Å². The Morgan fingerprint density at radius 2 is 2.06 bits per heavy atom. The lowest BCUT2D eigenvalue weighted by Gasteiger charge is -2.05. The molecule has 0 aliphatic rings. The minimum absolute atomic E-state index is 0.0747. The molecule has 3 N–H and O–H groups in total. The molecule has 0 unspecified atom stereocenters.